The molecule has 3 aromatic rings. The molecule has 0 radical (unpaired) electrons. The van der Waals surface area contributed by atoms with Crippen molar-refractivity contribution >= 4 is 17.3 Å². The van der Waals surface area contributed by atoms with Gasteiger partial charge in [-0.15, -0.1) is 11.3 Å². The first-order chi connectivity index (χ1) is 16.0. The standard InChI is InChI=1S/C26H28F3NO3S/c1-15(2)23-24(34-25(30-23)19-8-10-20(11-9-19)26(27,28)29)16(3)5-6-18-7-12-21(17(4)13-18)33-14-22(31)32/h7-13,15-16H,5-6,14H2,1-4H3,(H,31,32)/t16-/m0/s1. The summed E-state index contributed by atoms with van der Waals surface area (Å²) in [6.45, 7) is 7.80. The van der Waals surface area contributed by atoms with Gasteiger partial charge in [0.1, 0.15) is 10.8 Å². The third kappa shape index (κ3) is 6.38. The lowest BCUT2D eigenvalue weighted by Gasteiger charge is -2.14. The second kappa shape index (κ2) is 10.6. The third-order valence-electron chi connectivity index (χ3n) is 5.59. The number of hydrogen-bond donors (Lipinski definition) is 1. The summed E-state index contributed by atoms with van der Waals surface area (Å²) in [5, 5.41) is 9.51. The Morgan fingerprint density at radius 2 is 1.79 bits per heavy atom. The van der Waals surface area contributed by atoms with Crippen LogP contribution in [0, 0.1) is 6.92 Å². The maximum atomic E-state index is 12.9. The van der Waals surface area contributed by atoms with Crippen molar-refractivity contribution < 1.29 is 27.8 Å². The van der Waals surface area contributed by atoms with Gasteiger partial charge in [0, 0.05) is 10.4 Å². The van der Waals surface area contributed by atoms with Crippen LogP contribution >= 0.6 is 11.3 Å². The summed E-state index contributed by atoms with van der Waals surface area (Å²) in [6, 6.07) is 10.9. The number of carbonyl (C=O) groups is 1. The molecule has 0 unspecified atom stereocenters. The maximum Gasteiger partial charge on any atom is 0.416 e. The van der Waals surface area contributed by atoms with Crippen LogP contribution in [0.1, 0.15) is 66.3 Å². The number of ether oxygens (including phenoxy) is 1. The van der Waals surface area contributed by atoms with E-state index in [2.05, 4.69) is 20.8 Å². The monoisotopic (exact) mass is 491 g/mol. The number of aryl methyl sites for hydroxylation is 2. The van der Waals surface area contributed by atoms with Gasteiger partial charge >= 0.3 is 12.1 Å². The second-order valence-corrected chi connectivity index (χ2v) is 9.75. The maximum absolute atomic E-state index is 12.9. The molecule has 1 N–H and O–H groups in total. The first-order valence-electron chi connectivity index (χ1n) is 11.1. The molecule has 34 heavy (non-hydrogen) atoms. The van der Waals surface area contributed by atoms with Crippen molar-refractivity contribution in [2.24, 2.45) is 0 Å². The summed E-state index contributed by atoms with van der Waals surface area (Å²) in [4.78, 5) is 16.6. The van der Waals surface area contributed by atoms with E-state index in [9.17, 15) is 18.0 Å². The number of rotatable bonds is 9. The Balaban J connectivity index is 1.74. The number of benzene rings is 2. The molecule has 1 atom stereocenters. The lowest BCUT2D eigenvalue weighted by molar-refractivity contribution is -0.139. The minimum atomic E-state index is -4.36. The molecule has 1 heterocycles. The molecule has 4 nitrogen and oxygen atoms in total. The van der Waals surface area contributed by atoms with Gasteiger partial charge in [-0.1, -0.05) is 45.0 Å². The fourth-order valence-electron chi connectivity index (χ4n) is 3.72. The van der Waals surface area contributed by atoms with Crippen molar-refractivity contribution in [1.82, 2.24) is 4.98 Å². The number of carboxylic acid groups (broad SMARTS) is 1. The van der Waals surface area contributed by atoms with Crippen molar-refractivity contribution in [3.8, 4) is 16.3 Å². The summed E-state index contributed by atoms with van der Waals surface area (Å²) in [6.07, 6.45) is -2.65. The van der Waals surface area contributed by atoms with Crippen LogP contribution in [0.2, 0.25) is 0 Å². The van der Waals surface area contributed by atoms with Gasteiger partial charge in [-0.2, -0.15) is 13.2 Å². The van der Waals surface area contributed by atoms with E-state index in [0.717, 1.165) is 51.7 Å². The Labute approximate surface area is 201 Å². The molecule has 0 aliphatic heterocycles. The Kier molecular flexibility index (Phi) is 8.02. The van der Waals surface area contributed by atoms with Crippen molar-refractivity contribution in [3.05, 3.63) is 69.7 Å². The highest BCUT2D eigenvalue weighted by atomic mass is 32.1. The Morgan fingerprint density at radius 3 is 2.35 bits per heavy atom. The van der Waals surface area contributed by atoms with Crippen LogP contribution in [0.3, 0.4) is 0 Å². The molecule has 0 spiro atoms. The predicted octanol–water partition coefficient (Wildman–Crippen LogP) is 7.46. The van der Waals surface area contributed by atoms with Gasteiger partial charge in [0.15, 0.2) is 6.61 Å². The molecule has 2 aromatic carbocycles. The minimum absolute atomic E-state index is 0.199. The topological polar surface area (TPSA) is 59.4 Å². The van der Waals surface area contributed by atoms with Gasteiger partial charge < -0.3 is 9.84 Å². The van der Waals surface area contributed by atoms with E-state index >= 15 is 0 Å². The summed E-state index contributed by atoms with van der Waals surface area (Å²) in [5.74, 6) is -0.0328. The zero-order chi connectivity index (χ0) is 25.0. The van der Waals surface area contributed by atoms with E-state index in [-0.39, 0.29) is 18.4 Å². The average Bonchev–Trinajstić information content (AvgIpc) is 3.22. The van der Waals surface area contributed by atoms with Crippen LogP contribution in [0.5, 0.6) is 5.75 Å². The second-order valence-electron chi connectivity index (χ2n) is 8.72. The number of aliphatic carboxylic acids is 1. The fourth-order valence-corrected chi connectivity index (χ4v) is 5.03. The van der Waals surface area contributed by atoms with Gasteiger partial charge in [0.2, 0.25) is 0 Å². The Morgan fingerprint density at radius 1 is 1.12 bits per heavy atom. The lowest BCUT2D eigenvalue weighted by atomic mass is 9.95. The van der Waals surface area contributed by atoms with E-state index in [1.165, 1.54) is 12.1 Å². The highest BCUT2D eigenvalue weighted by molar-refractivity contribution is 7.15. The van der Waals surface area contributed by atoms with Crippen molar-refractivity contribution in [2.75, 3.05) is 6.61 Å². The number of carboxylic acids is 1. The van der Waals surface area contributed by atoms with Crippen molar-refractivity contribution in [3.63, 3.8) is 0 Å². The van der Waals surface area contributed by atoms with Crippen LogP contribution in [-0.2, 0) is 17.4 Å². The van der Waals surface area contributed by atoms with Crippen LogP contribution in [-0.4, -0.2) is 22.7 Å². The van der Waals surface area contributed by atoms with Crippen LogP contribution in [0.25, 0.3) is 10.6 Å². The lowest BCUT2D eigenvalue weighted by Crippen LogP contribution is -2.10. The normalized spacial score (nSPS) is 12.7. The van der Waals surface area contributed by atoms with Crippen molar-refractivity contribution in [1.29, 1.82) is 0 Å². The molecule has 0 aliphatic rings. The SMILES string of the molecule is Cc1cc(CC[C@H](C)c2sc(-c3ccc(C(F)(F)F)cc3)nc2C(C)C)ccc1OCC(=O)O. The summed E-state index contributed by atoms with van der Waals surface area (Å²) >= 11 is 1.54. The number of thiazole rings is 1. The van der Waals surface area contributed by atoms with Crippen LogP contribution in [0.4, 0.5) is 13.2 Å². The average molecular weight is 492 g/mol. The molecule has 8 heteroatoms. The van der Waals surface area contributed by atoms with Gasteiger partial charge in [0.05, 0.1) is 11.3 Å². The van der Waals surface area contributed by atoms with E-state index in [4.69, 9.17) is 14.8 Å². The van der Waals surface area contributed by atoms with Crippen molar-refractivity contribution in [2.45, 2.75) is 58.5 Å². The summed E-state index contributed by atoms with van der Waals surface area (Å²) in [5.41, 5.74) is 3.02. The molecular formula is C26H28F3NO3S. The number of alkyl halides is 3. The molecule has 0 amide bonds. The highest BCUT2D eigenvalue weighted by Crippen LogP contribution is 2.39. The molecule has 0 bridgehead atoms. The third-order valence-corrected chi connectivity index (χ3v) is 6.94. The van der Waals surface area contributed by atoms with Gasteiger partial charge in [0.25, 0.3) is 0 Å². The van der Waals surface area contributed by atoms with Crippen LogP contribution in [0.15, 0.2) is 42.5 Å². The number of aromatic nitrogens is 1. The zero-order valence-corrected chi connectivity index (χ0v) is 20.4. The smallest absolute Gasteiger partial charge is 0.416 e. The largest absolute Gasteiger partial charge is 0.482 e. The fraction of sp³-hybridized carbons (Fsp3) is 0.385. The number of hydrogen-bond acceptors (Lipinski definition) is 4. The Bertz CT molecular complexity index is 1140. The molecule has 0 fully saturated rings. The van der Waals surface area contributed by atoms with E-state index < -0.39 is 17.7 Å². The minimum Gasteiger partial charge on any atom is -0.482 e. The predicted molar refractivity (Wildman–Crippen MR) is 128 cm³/mol. The molecule has 3 rings (SSSR count). The summed E-state index contributed by atoms with van der Waals surface area (Å²) in [7, 11) is 0. The molecule has 1 aromatic heterocycles. The summed E-state index contributed by atoms with van der Waals surface area (Å²) < 4.78 is 44.0. The van der Waals surface area contributed by atoms with E-state index in [1.54, 1.807) is 17.4 Å². The zero-order valence-electron chi connectivity index (χ0n) is 19.6. The van der Waals surface area contributed by atoms with Gasteiger partial charge in [-0.25, -0.2) is 9.78 Å². The number of nitrogens with zero attached hydrogens (tertiary/aromatic N) is 1. The molecule has 0 saturated heterocycles. The molecule has 0 saturated carbocycles. The van der Waals surface area contributed by atoms with Crippen LogP contribution < -0.4 is 4.74 Å². The van der Waals surface area contributed by atoms with Gasteiger partial charge in [-0.05, 0) is 60.9 Å². The molecule has 0 aliphatic carbocycles. The quantitative estimate of drug-likeness (QED) is 0.337. The molecule has 182 valence electrons. The number of halogens is 3. The first-order valence-corrected chi connectivity index (χ1v) is 11.9. The van der Waals surface area contributed by atoms with Gasteiger partial charge in [-0.3, -0.25) is 0 Å². The highest BCUT2D eigenvalue weighted by Gasteiger charge is 2.30. The Hall–Kier alpha value is -2.87. The molecular weight excluding hydrogens is 463 g/mol. The first kappa shape index (κ1) is 25.7. The van der Waals surface area contributed by atoms with E-state index in [0.29, 0.717) is 11.3 Å². The van der Waals surface area contributed by atoms with E-state index in [1.807, 2.05) is 19.1 Å².